The van der Waals surface area contributed by atoms with Gasteiger partial charge in [-0.25, -0.2) is 4.21 Å². The fourth-order valence-corrected chi connectivity index (χ4v) is 2.15. The van der Waals surface area contributed by atoms with Crippen LogP contribution in [0.5, 0.6) is 0 Å². The summed E-state index contributed by atoms with van der Waals surface area (Å²) >= 11 is 4.49. The molecular weight excluding hydrogens is 168 g/mol. The fourth-order valence-electron chi connectivity index (χ4n) is 1.03. The molecule has 0 aromatic carbocycles. The van der Waals surface area contributed by atoms with Crippen LogP contribution in [0.25, 0.3) is 0 Å². The Morgan fingerprint density at radius 2 is 1.90 bits per heavy atom. The number of hydrogen-bond donors (Lipinski definition) is 0. The Kier molecular flexibility index (Phi) is 2.56. The van der Waals surface area contributed by atoms with Crippen molar-refractivity contribution < 1.29 is 9.00 Å². The minimum absolute atomic E-state index is 0.0135. The Bertz CT molecular complexity index is 266. The maximum absolute atomic E-state index is 10.9. The van der Waals surface area contributed by atoms with Crippen LogP contribution in [0.1, 0.15) is 25.7 Å². The lowest BCUT2D eigenvalue weighted by Crippen LogP contribution is -2.18. The van der Waals surface area contributed by atoms with Gasteiger partial charge in [0.2, 0.25) is 0 Å². The molecule has 1 fully saturated rings. The Labute approximate surface area is 65.9 Å². The zero-order valence-electron chi connectivity index (χ0n) is 5.46. The van der Waals surface area contributed by atoms with Crippen LogP contribution in [0.3, 0.4) is 0 Å². The first-order valence-electron chi connectivity index (χ1n) is 3.20. The fraction of sp³-hybridized carbons (Fsp3) is 0.667. The van der Waals surface area contributed by atoms with Crippen LogP contribution in [-0.2, 0) is 24.9 Å². The van der Waals surface area contributed by atoms with Crippen LogP contribution in [-0.4, -0.2) is 14.9 Å². The predicted octanol–water partition coefficient (Wildman–Crippen LogP) is 0.512. The molecule has 0 heterocycles. The lowest BCUT2D eigenvalue weighted by molar-refractivity contribution is -0.113. The van der Waals surface area contributed by atoms with Crippen molar-refractivity contribution in [1.82, 2.24) is 0 Å². The van der Waals surface area contributed by atoms with Gasteiger partial charge < -0.3 is 0 Å². The highest BCUT2D eigenvalue weighted by Gasteiger charge is 2.15. The van der Waals surface area contributed by atoms with E-state index in [9.17, 15) is 9.00 Å². The molecule has 1 saturated carbocycles. The average molecular weight is 176 g/mol. The Balaban J connectivity index is 2.97. The molecule has 10 heavy (non-hydrogen) atoms. The SMILES string of the molecule is O=C1CCCCC1=S(=O)=S. The van der Waals surface area contributed by atoms with E-state index in [1.165, 1.54) is 0 Å². The second-order valence-corrected chi connectivity index (χ2v) is 4.16. The molecule has 0 spiro atoms. The largest absolute Gasteiger partial charge is 0.294 e. The first-order chi connectivity index (χ1) is 4.72. The number of hydrogen-bond acceptors (Lipinski definition) is 3. The third-order valence-corrected chi connectivity index (χ3v) is 3.01. The standard InChI is InChI=1S/C6H8O2S2/c7-5-3-1-2-4-6(5)10(8)9/h1-4H2. The Morgan fingerprint density at radius 3 is 2.30 bits per heavy atom. The van der Waals surface area contributed by atoms with Crippen LogP contribution in [0, 0.1) is 0 Å². The van der Waals surface area contributed by atoms with Crippen molar-refractivity contribution in [2.45, 2.75) is 25.7 Å². The van der Waals surface area contributed by atoms with Crippen molar-refractivity contribution in [1.29, 1.82) is 0 Å². The van der Waals surface area contributed by atoms with Crippen molar-refractivity contribution in [3.63, 3.8) is 0 Å². The molecule has 0 radical (unpaired) electrons. The van der Waals surface area contributed by atoms with E-state index in [2.05, 4.69) is 11.2 Å². The van der Waals surface area contributed by atoms with Gasteiger partial charge in [-0.15, -0.1) is 0 Å². The molecule has 0 N–H and O–H groups in total. The molecule has 0 saturated heterocycles. The van der Waals surface area contributed by atoms with Crippen LogP contribution in [0.15, 0.2) is 0 Å². The van der Waals surface area contributed by atoms with Gasteiger partial charge in [0.1, 0.15) is 0 Å². The summed E-state index contributed by atoms with van der Waals surface area (Å²) in [6, 6.07) is 0. The molecule has 1 aliphatic carbocycles. The highest BCUT2D eigenvalue weighted by Crippen LogP contribution is 2.10. The maximum Gasteiger partial charge on any atom is 0.171 e. The number of rotatable bonds is 0. The zero-order chi connectivity index (χ0) is 7.56. The average Bonchev–Trinajstić information content (AvgIpc) is 1.88. The molecule has 0 unspecified atom stereocenters. The lowest BCUT2D eigenvalue weighted by Gasteiger charge is -2.07. The number of ketones is 1. The number of carbonyl (C=O) groups is 1. The van der Waals surface area contributed by atoms with Crippen molar-refractivity contribution in [2.24, 2.45) is 0 Å². The van der Waals surface area contributed by atoms with Crippen molar-refractivity contribution in [2.75, 3.05) is 0 Å². The van der Waals surface area contributed by atoms with E-state index in [1.807, 2.05) is 0 Å². The molecule has 0 atom stereocenters. The molecule has 0 amide bonds. The lowest BCUT2D eigenvalue weighted by atomic mass is 9.99. The second kappa shape index (κ2) is 3.25. The summed E-state index contributed by atoms with van der Waals surface area (Å²) in [4.78, 5) is 11.4. The normalized spacial score (nSPS) is 19.2. The van der Waals surface area contributed by atoms with Gasteiger partial charge in [-0.3, -0.25) is 4.79 Å². The third kappa shape index (κ3) is 1.64. The molecule has 1 rings (SSSR count). The predicted molar refractivity (Wildman–Crippen MR) is 44.0 cm³/mol. The van der Waals surface area contributed by atoms with E-state index in [1.54, 1.807) is 0 Å². The first kappa shape index (κ1) is 7.88. The molecule has 0 aromatic heterocycles. The Hall–Kier alpha value is -0.220. The highest BCUT2D eigenvalue weighted by atomic mass is 32.8. The molecule has 1 aliphatic rings. The van der Waals surface area contributed by atoms with Crippen molar-refractivity contribution in [3.05, 3.63) is 0 Å². The quantitative estimate of drug-likeness (QED) is 0.504. The van der Waals surface area contributed by atoms with Crippen LogP contribution < -0.4 is 0 Å². The summed E-state index contributed by atoms with van der Waals surface area (Å²) in [5.74, 6) is 0.0135. The molecular formula is C6H8O2S2. The van der Waals surface area contributed by atoms with E-state index in [0.717, 1.165) is 12.8 Å². The van der Waals surface area contributed by atoms with E-state index < -0.39 is 8.95 Å². The monoisotopic (exact) mass is 176 g/mol. The van der Waals surface area contributed by atoms with Gasteiger partial charge in [0.15, 0.2) is 5.78 Å². The second-order valence-electron chi connectivity index (χ2n) is 2.29. The molecule has 0 aliphatic heterocycles. The Morgan fingerprint density at radius 1 is 1.30 bits per heavy atom. The van der Waals surface area contributed by atoms with Gasteiger partial charge in [0, 0.05) is 17.6 Å². The van der Waals surface area contributed by atoms with Gasteiger partial charge in [0.25, 0.3) is 0 Å². The summed E-state index contributed by atoms with van der Waals surface area (Å²) < 4.78 is 10.7. The van der Waals surface area contributed by atoms with Gasteiger partial charge in [0.05, 0.1) is 13.8 Å². The molecule has 56 valence electrons. The summed E-state index contributed by atoms with van der Waals surface area (Å²) in [7, 11) is -1.43. The van der Waals surface area contributed by atoms with E-state index in [-0.39, 0.29) is 5.78 Å². The zero-order valence-corrected chi connectivity index (χ0v) is 7.09. The topological polar surface area (TPSA) is 34.1 Å². The summed E-state index contributed by atoms with van der Waals surface area (Å²) in [5.41, 5.74) is 0. The number of Topliss-reactive ketones (excluding diaryl/α,β-unsaturated/α-hetero) is 1. The molecule has 0 bridgehead atoms. The summed E-state index contributed by atoms with van der Waals surface area (Å²) in [6.45, 7) is 0. The number of carbonyl (C=O) groups excluding carboxylic acids is 1. The van der Waals surface area contributed by atoms with Crippen LogP contribution in [0.2, 0.25) is 0 Å². The third-order valence-electron chi connectivity index (χ3n) is 1.57. The smallest absolute Gasteiger partial charge is 0.171 e. The molecule has 2 nitrogen and oxygen atoms in total. The van der Waals surface area contributed by atoms with Gasteiger partial charge in [-0.1, -0.05) is 0 Å². The van der Waals surface area contributed by atoms with Gasteiger partial charge >= 0.3 is 0 Å². The minimum atomic E-state index is -1.43. The van der Waals surface area contributed by atoms with Crippen LogP contribution in [0.4, 0.5) is 0 Å². The van der Waals surface area contributed by atoms with Crippen molar-refractivity contribution >= 4 is 30.8 Å². The summed E-state index contributed by atoms with van der Waals surface area (Å²) in [5, 5.41) is 0. The highest BCUT2D eigenvalue weighted by molar-refractivity contribution is 8.21. The van der Waals surface area contributed by atoms with Gasteiger partial charge in [-0.2, -0.15) is 0 Å². The van der Waals surface area contributed by atoms with Crippen LogP contribution >= 0.6 is 0 Å². The minimum Gasteiger partial charge on any atom is -0.294 e. The molecule has 4 heteroatoms. The maximum atomic E-state index is 10.9. The van der Waals surface area contributed by atoms with E-state index >= 15 is 0 Å². The van der Waals surface area contributed by atoms with E-state index in [0.29, 0.717) is 17.7 Å². The first-order valence-corrected chi connectivity index (χ1v) is 5.27. The van der Waals surface area contributed by atoms with Crippen molar-refractivity contribution in [3.8, 4) is 0 Å². The molecule has 0 aromatic rings. The van der Waals surface area contributed by atoms with E-state index in [4.69, 9.17) is 0 Å². The van der Waals surface area contributed by atoms with Gasteiger partial charge in [-0.05, 0) is 19.3 Å². The summed E-state index contributed by atoms with van der Waals surface area (Å²) in [6.07, 6.45) is 3.07.